The number of benzene rings is 1. The van der Waals surface area contributed by atoms with Crippen molar-refractivity contribution in [3.63, 3.8) is 0 Å². The maximum absolute atomic E-state index is 6.17. The van der Waals surface area contributed by atoms with Crippen LogP contribution in [-0.2, 0) is 4.74 Å². The zero-order valence-electron chi connectivity index (χ0n) is 14.1. The van der Waals surface area contributed by atoms with E-state index in [2.05, 4.69) is 29.4 Å². The van der Waals surface area contributed by atoms with Crippen molar-refractivity contribution in [3.8, 4) is 0 Å². The zero-order valence-corrected chi connectivity index (χ0v) is 16.5. The highest BCUT2D eigenvalue weighted by atomic mass is 35.5. The molecule has 1 saturated heterocycles. The minimum absolute atomic E-state index is 0.439. The van der Waals surface area contributed by atoms with Crippen LogP contribution in [0.4, 0.5) is 5.69 Å². The number of halogens is 2. The summed E-state index contributed by atoms with van der Waals surface area (Å²) in [5, 5.41) is 8.19. The molecular weight excluding hydrogens is 365 g/mol. The fourth-order valence-electron chi connectivity index (χ4n) is 2.82. The molecule has 2 N–H and O–H groups in total. The molecule has 4 nitrogen and oxygen atoms in total. The van der Waals surface area contributed by atoms with E-state index >= 15 is 0 Å². The molecule has 0 radical (unpaired) electrons. The van der Waals surface area contributed by atoms with E-state index in [1.165, 1.54) is 0 Å². The van der Waals surface area contributed by atoms with Gasteiger partial charge in [0.1, 0.15) is 0 Å². The van der Waals surface area contributed by atoms with Gasteiger partial charge < -0.3 is 15.4 Å². The number of hydrogen-bond acceptors (Lipinski definition) is 3. The zero-order chi connectivity index (χ0) is 17.5. The van der Waals surface area contributed by atoms with Gasteiger partial charge in [0.05, 0.1) is 23.9 Å². The summed E-state index contributed by atoms with van der Waals surface area (Å²) in [6, 6.07) is 5.75. The molecule has 1 fully saturated rings. The monoisotopic (exact) mass is 389 g/mol. The quantitative estimate of drug-likeness (QED) is 0.718. The van der Waals surface area contributed by atoms with E-state index in [-0.39, 0.29) is 0 Å². The fourth-order valence-corrected chi connectivity index (χ4v) is 3.47. The normalized spacial score (nSPS) is 16.9. The number of morpholine rings is 1. The van der Waals surface area contributed by atoms with Crippen LogP contribution in [0.1, 0.15) is 20.3 Å². The van der Waals surface area contributed by atoms with Crippen molar-refractivity contribution in [1.82, 2.24) is 10.2 Å². The third-order valence-electron chi connectivity index (χ3n) is 3.98. The first-order valence-corrected chi connectivity index (χ1v) is 9.44. The smallest absolute Gasteiger partial charge is 0.170 e. The van der Waals surface area contributed by atoms with Crippen molar-refractivity contribution in [2.45, 2.75) is 26.3 Å². The summed E-state index contributed by atoms with van der Waals surface area (Å²) in [6.45, 7) is 8.85. The van der Waals surface area contributed by atoms with Crippen molar-refractivity contribution in [2.24, 2.45) is 5.92 Å². The summed E-state index contributed by atoms with van der Waals surface area (Å²) >= 11 is 17.5. The van der Waals surface area contributed by atoms with E-state index < -0.39 is 0 Å². The third kappa shape index (κ3) is 6.37. The van der Waals surface area contributed by atoms with Crippen LogP contribution in [0.25, 0.3) is 0 Å². The highest BCUT2D eigenvalue weighted by molar-refractivity contribution is 7.80. The lowest BCUT2D eigenvalue weighted by molar-refractivity contribution is 0.0133. The summed E-state index contributed by atoms with van der Waals surface area (Å²) in [4.78, 5) is 2.48. The minimum atomic E-state index is 0.439. The molecule has 1 aromatic carbocycles. The molecule has 1 atom stereocenters. The van der Waals surface area contributed by atoms with Crippen LogP contribution in [-0.4, -0.2) is 48.9 Å². The van der Waals surface area contributed by atoms with Gasteiger partial charge in [-0.1, -0.05) is 37.0 Å². The average molecular weight is 390 g/mol. The number of rotatable bonds is 6. The highest BCUT2D eigenvalue weighted by Gasteiger charge is 2.22. The van der Waals surface area contributed by atoms with Crippen LogP contribution in [0, 0.1) is 5.92 Å². The second-order valence-corrected chi connectivity index (χ2v) is 7.64. The molecule has 1 heterocycles. The third-order valence-corrected chi connectivity index (χ3v) is 4.78. The van der Waals surface area contributed by atoms with Gasteiger partial charge in [0.2, 0.25) is 0 Å². The Morgan fingerprint density at radius 2 is 2.00 bits per heavy atom. The molecule has 0 spiro atoms. The van der Waals surface area contributed by atoms with Gasteiger partial charge in [-0.05, 0) is 42.8 Å². The van der Waals surface area contributed by atoms with Crippen LogP contribution in [0.2, 0.25) is 10.0 Å². The maximum Gasteiger partial charge on any atom is 0.170 e. The first-order valence-electron chi connectivity index (χ1n) is 8.27. The summed E-state index contributed by atoms with van der Waals surface area (Å²) in [6.07, 6.45) is 1.12. The van der Waals surface area contributed by atoms with E-state index in [1.54, 1.807) is 12.1 Å². The van der Waals surface area contributed by atoms with Crippen molar-refractivity contribution < 1.29 is 4.74 Å². The molecule has 7 heteroatoms. The van der Waals surface area contributed by atoms with Gasteiger partial charge in [-0.25, -0.2) is 0 Å². The van der Waals surface area contributed by atoms with E-state index in [9.17, 15) is 0 Å². The molecule has 1 aromatic rings. The molecule has 0 amide bonds. The second-order valence-electron chi connectivity index (χ2n) is 6.39. The van der Waals surface area contributed by atoms with E-state index in [0.717, 1.165) is 45.0 Å². The number of thiocarbonyl (C=S) groups is 1. The van der Waals surface area contributed by atoms with E-state index in [0.29, 0.717) is 27.1 Å². The Morgan fingerprint density at radius 1 is 1.29 bits per heavy atom. The molecular formula is C17H25Cl2N3OS. The lowest BCUT2D eigenvalue weighted by atomic mass is 10.0. The molecule has 0 aromatic heterocycles. The molecule has 0 bridgehead atoms. The molecule has 0 saturated carbocycles. The van der Waals surface area contributed by atoms with Crippen molar-refractivity contribution in [2.75, 3.05) is 38.2 Å². The summed E-state index contributed by atoms with van der Waals surface area (Å²) in [5.41, 5.74) is 0.755. The van der Waals surface area contributed by atoms with Gasteiger partial charge in [-0.15, -0.1) is 0 Å². The van der Waals surface area contributed by atoms with Crippen LogP contribution < -0.4 is 10.6 Å². The lowest BCUT2D eigenvalue weighted by Gasteiger charge is -2.35. The number of ether oxygens (including phenoxy) is 1. The Labute approximate surface area is 159 Å². The Balaban J connectivity index is 1.88. The SMILES string of the molecule is CC(C)C[C@@H](CNC(=S)Nc1ccc(Cl)cc1Cl)N1CCOCC1. The number of nitrogens with zero attached hydrogens (tertiary/aromatic N) is 1. The summed E-state index contributed by atoms with van der Waals surface area (Å²) in [7, 11) is 0. The Kier molecular flexibility index (Phi) is 8.04. The molecule has 0 aliphatic carbocycles. The van der Waals surface area contributed by atoms with Crippen LogP contribution in [0.3, 0.4) is 0 Å². The first kappa shape index (κ1) is 19.7. The van der Waals surface area contributed by atoms with Gasteiger partial charge in [0, 0.05) is 30.7 Å². The molecule has 24 heavy (non-hydrogen) atoms. The van der Waals surface area contributed by atoms with E-state index in [4.69, 9.17) is 40.2 Å². The van der Waals surface area contributed by atoms with E-state index in [1.807, 2.05) is 6.07 Å². The minimum Gasteiger partial charge on any atom is -0.379 e. The lowest BCUT2D eigenvalue weighted by Crippen LogP contribution is -2.49. The topological polar surface area (TPSA) is 36.5 Å². The van der Waals surface area contributed by atoms with Gasteiger partial charge in [0.15, 0.2) is 5.11 Å². The number of nitrogens with one attached hydrogen (secondary N) is 2. The standard InChI is InChI=1S/C17H25Cl2N3OS/c1-12(2)9-14(22-5-7-23-8-6-22)11-20-17(24)21-16-4-3-13(18)10-15(16)19/h3-4,10,12,14H,5-9,11H2,1-2H3,(H2,20,21,24)/t14-/m0/s1. The highest BCUT2D eigenvalue weighted by Crippen LogP contribution is 2.25. The summed E-state index contributed by atoms with van der Waals surface area (Å²) < 4.78 is 5.46. The number of anilines is 1. The Bertz CT molecular complexity index is 551. The molecule has 2 rings (SSSR count). The first-order chi connectivity index (χ1) is 11.5. The summed E-state index contributed by atoms with van der Waals surface area (Å²) in [5.74, 6) is 0.631. The molecule has 0 unspecified atom stereocenters. The fraction of sp³-hybridized carbons (Fsp3) is 0.588. The predicted octanol–water partition coefficient (Wildman–Crippen LogP) is 4.03. The second kappa shape index (κ2) is 9.78. The molecule has 1 aliphatic heterocycles. The Morgan fingerprint density at radius 3 is 2.62 bits per heavy atom. The molecule has 134 valence electrons. The van der Waals surface area contributed by atoms with Gasteiger partial charge in [-0.3, -0.25) is 4.90 Å². The van der Waals surface area contributed by atoms with Crippen molar-refractivity contribution in [1.29, 1.82) is 0 Å². The van der Waals surface area contributed by atoms with Crippen LogP contribution >= 0.6 is 35.4 Å². The number of hydrogen-bond donors (Lipinski definition) is 2. The maximum atomic E-state index is 6.17. The van der Waals surface area contributed by atoms with Crippen molar-refractivity contribution in [3.05, 3.63) is 28.2 Å². The molecule has 1 aliphatic rings. The Hall–Kier alpha value is -0.590. The van der Waals surface area contributed by atoms with Gasteiger partial charge >= 0.3 is 0 Å². The van der Waals surface area contributed by atoms with Crippen molar-refractivity contribution >= 4 is 46.2 Å². The predicted molar refractivity (Wildman–Crippen MR) is 106 cm³/mol. The van der Waals surface area contributed by atoms with Gasteiger partial charge in [-0.2, -0.15) is 0 Å². The van der Waals surface area contributed by atoms with Gasteiger partial charge in [0.25, 0.3) is 0 Å². The van der Waals surface area contributed by atoms with Crippen LogP contribution in [0.5, 0.6) is 0 Å². The van der Waals surface area contributed by atoms with Crippen LogP contribution in [0.15, 0.2) is 18.2 Å². The average Bonchev–Trinajstić information content (AvgIpc) is 2.54. The largest absolute Gasteiger partial charge is 0.379 e.